The van der Waals surface area contributed by atoms with Crippen molar-refractivity contribution in [1.29, 1.82) is 0 Å². The highest BCUT2D eigenvalue weighted by Crippen LogP contribution is 2.21. The molecule has 4 nitrogen and oxygen atoms in total. The Hall–Kier alpha value is -1.14. The van der Waals surface area contributed by atoms with Crippen LogP contribution in [0.2, 0.25) is 0 Å². The lowest BCUT2D eigenvalue weighted by Gasteiger charge is -2.17. The van der Waals surface area contributed by atoms with Crippen LogP contribution in [0.5, 0.6) is 0 Å². The molecular weight excluding hydrogens is 318 g/mol. The highest BCUT2D eigenvalue weighted by Gasteiger charge is 2.17. The first kappa shape index (κ1) is 14.9. The molecular formula is C12H14BrNO3S. The van der Waals surface area contributed by atoms with Gasteiger partial charge in [0.1, 0.15) is 0 Å². The quantitative estimate of drug-likeness (QED) is 0.863. The van der Waals surface area contributed by atoms with E-state index in [4.69, 9.17) is 5.11 Å². The van der Waals surface area contributed by atoms with Crippen LogP contribution < -0.4 is 0 Å². The van der Waals surface area contributed by atoms with Gasteiger partial charge >= 0.3 is 5.97 Å². The van der Waals surface area contributed by atoms with Gasteiger partial charge in [0, 0.05) is 32.9 Å². The number of hydrogen-bond donors (Lipinski definition) is 1. The molecule has 6 heteroatoms. The third-order valence-corrected chi connectivity index (χ3v) is 4.25. The molecule has 0 aliphatic carbocycles. The van der Waals surface area contributed by atoms with Crippen LogP contribution in [0, 0.1) is 0 Å². The molecule has 0 bridgehead atoms. The molecule has 1 heterocycles. The Morgan fingerprint density at radius 3 is 2.44 bits per heavy atom. The average Bonchev–Trinajstić information content (AvgIpc) is 2.71. The number of likely N-dealkylation sites (N-methyl/N-ethyl adjacent to an activating group) is 1. The standard InChI is InChI=1S/C12H14BrNO3S/c1-7(8(2)12(16)17)11(15)14(3)5-10-4-9(13)6-18-10/h4,6H,5H2,1-3H3,(H,16,17). The van der Waals surface area contributed by atoms with Gasteiger partial charge in [0.25, 0.3) is 0 Å². The molecule has 98 valence electrons. The molecule has 1 amide bonds. The second-order valence-electron chi connectivity index (χ2n) is 3.95. The summed E-state index contributed by atoms with van der Waals surface area (Å²) in [4.78, 5) is 25.3. The van der Waals surface area contributed by atoms with Crippen molar-refractivity contribution in [3.8, 4) is 0 Å². The van der Waals surface area contributed by atoms with Crippen molar-refractivity contribution in [3.05, 3.63) is 31.9 Å². The molecule has 0 saturated heterocycles. The highest BCUT2D eigenvalue weighted by atomic mass is 79.9. The number of aliphatic carboxylic acids is 1. The first-order valence-electron chi connectivity index (χ1n) is 5.22. The maximum absolute atomic E-state index is 12.0. The molecule has 0 radical (unpaired) electrons. The summed E-state index contributed by atoms with van der Waals surface area (Å²) < 4.78 is 0.984. The molecule has 1 N–H and O–H groups in total. The second kappa shape index (κ2) is 6.15. The van der Waals surface area contributed by atoms with Gasteiger partial charge in [0.2, 0.25) is 5.91 Å². The fourth-order valence-corrected chi connectivity index (χ4v) is 2.85. The van der Waals surface area contributed by atoms with E-state index in [2.05, 4.69) is 15.9 Å². The van der Waals surface area contributed by atoms with Gasteiger partial charge in [-0.15, -0.1) is 11.3 Å². The Kier molecular flexibility index (Phi) is 5.10. The van der Waals surface area contributed by atoms with Gasteiger partial charge in [-0.1, -0.05) is 0 Å². The summed E-state index contributed by atoms with van der Waals surface area (Å²) in [6.07, 6.45) is 0. The zero-order valence-electron chi connectivity index (χ0n) is 10.4. The van der Waals surface area contributed by atoms with E-state index in [9.17, 15) is 9.59 Å². The number of carboxylic acids is 1. The highest BCUT2D eigenvalue weighted by molar-refractivity contribution is 9.10. The van der Waals surface area contributed by atoms with E-state index in [1.54, 1.807) is 18.4 Å². The number of nitrogens with zero attached hydrogens (tertiary/aromatic N) is 1. The molecule has 0 spiro atoms. The largest absolute Gasteiger partial charge is 0.478 e. The zero-order valence-corrected chi connectivity index (χ0v) is 12.8. The molecule has 0 fully saturated rings. The van der Waals surface area contributed by atoms with Crippen molar-refractivity contribution in [3.63, 3.8) is 0 Å². The van der Waals surface area contributed by atoms with Crippen molar-refractivity contribution in [1.82, 2.24) is 4.90 Å². The molecule has 0 aromatic carbocycles. The van der Waals surface area contributed by atoms with E-state index < -0.39 is 5.97 Å². The minimum absolute atomic E-state index is 0.0826. The zero-order chi connectivity index (χ0) is 13.9. The van der Waals surface area contributed by atoms with Gasteiger partial charge in [-0.25, -0.2) is 4.79 Å². The van der Waals surface area contributed by atoms with Crippen molar-refractivity contribution in [2.45, 2.75) is 20.4 Å². The fraction of sp³-hybridized carbons (Fsp3) is 0.333. The first-order chi connectivity index (χ1) is 8.32. The fourth-order valence-electron chi connectivity index (χ4n) is 1.35. The van der Waals surface area contributed by atoms with Crippen molar-refractivity contribution in [2.24, 2.45) is 0 Å². The van der Waals surface area contributed by atoms with Gasteiger partial charge in [-0.2, -0.15) is 0 Å². The number of hydrogen-bond acceptors (Lipinski definition) is 3. The van der Waals surface area contributed by atoms with E-state index in [1.807, 2.05) is 11.4 Å². The number of carbonyl (C=O) groups is 2. The van der Waals surface area contributed by atoms with Crippen LogP contribution in [-0.4, -0.2) is 28.9 Å². The van der Waals surface area contributed by atoms with Gasteiger partial charge in [0.05, 0.1) is 6.54 Å². The van der Waals surface area contributed by atoms with Crippen molar-refractivity contribution in [2.75, 3.05) is 7.05 Å². The van der Waals surface area contributed by atoms with Crippen LogP contribution in [0.15, 0.2) is 27.1 Å². The summed E-state index contributed by atoms with van der Waals surface area (Å²) in [7, 11) is 1.66. The minimum atomic E-state index is -1.06. The Balaban J connectivity index is 2.79. The van der Waals surface area contributed by atoms with E-state index in [0.29, 0.717) is 6.54 Å². The summed E-state index contributed by atoms with van der Waals surface area (Å²) >= 11 is 4.90. The average molecular weight is 332 g/mol. The number of rotatable bonds is 4. The van der Waals surface area contributed by atoms with E-state index in [1.165, 1.54) is 18.7 Å². The molecule has 0 aliphatic heterocycles. The third-order valence-electron chi connectivity index (χ3n) is 2.57. The first-order valence-corrected chi connectivity index (χ1v) is 6.89. The lowest BCUT2D eigenvalue weighted by molar-refractivity contribution is -0.133. The summed E-state index contributed by atoms with van der Waals surface area (Å²) in [5.41, 5.74) is 0.347. The van der Waals surface area contributed by atoms with Crippen molar-refractivity contribution >= 4 is 39.1 Å². The summed E-state index contributed by atoms with van der Waals surface area (Å²) in [5, 5.41) is 10.8. The Labute approximate surface area is 118 Å². The number of carboxylic acid groups (broad SMARTS) is 1. The van der Waals surface area contributed by atoms with E-state index >= 15 is 0 Å². The number of amides is 1. The monoisotopic (exact) mass is 331 g/mol. The number of halogens is 1. The maximum atomic E-state index is 12.0. The maximum Gasteiger partial charge on any atom is 0.331 e. The van der Waals surface area contributed by atoms with Gasteiger partial charge in [-0.05, 0) is 35.8 Å². The van der Waals surface area contributed by atoms with E-state index in [-0.39, 0.29) is 17.1 Å². The van der Waals surface area contributed by atoms with Crippen LogP contribution in [0.3, 0.4) is 0 Å². The van der Waals surface area contributed by atoms with Crippen LogP contribution in [0.4, 0.5) is 0 Å². The van der Waals surface area contributed by atoms with Gasteiger partial charge < -0.3 is 10.0 Å². The molecule has 18 heavy (non-hydrogen) atoms. The molecule has 1 aromatic heterocycles. The number of carbonyl (C=O) groups excluding carboxylic acids is 1. The SMILES string of the molecule is CC(C(=O)O)=C(C)C(=O)N(C)Cc1cc(Br)cs1. The van der Waals surface area contributed by atoms with Crippen LogP contribution in [0.1, 0.15) is 18.7 Å². The molecule has 0 saturated carbocycles. The summed E-state index contributed by atoms with van der Waals surface area (Å²) in [6.45, 7) is 3.44. The molecule has 1 aromatic rings. The Morgan fingerprint density at radius 2 is 2.00 bits per heavy atom. The topological polar surface area (TPSA) is 57.6 Å². The van der Waals surface area contributed by atoms with E-state index in [0.717, 1.165) is 9.35 Å². The van der Waals surface area contributed by atoms with Crippen molar-refractivity contribution < 1.29 is 14.7 Å². The van der Waals surface area contributed by atoms with Gasteiger partial charge in [-0.3, -0.25) is 4.79 Å². The predicted molar refractivity (Wildman–Crippen MR) is 74.5 cm³/mol. The predicted octanol–water partition coefficient (Wildman–Crippen LogP) is 2.89. The minimum Gasteiger partial charge on any atom is -0.478 e. The lowest BCUT2D eigenvalue weighted by atomic mass is 10.1. The molecule has 1 rings (SSSR count). The molecule has 0 atom stereocenters. The third kappa shape index (κ3) is 3.68. The van der Waals surface area contributed by atoms with Crippen LogP contribution in [0.25, 0.3) is 0 Å². The van der Waals surface area contributed by atoms with Crippen LogP contribution in [-0.2, 0) is 16.1 Å². The van der Waals surface area contributed by atoms with Crippen LogP contribution >= 0.6 is 27.3 Å². The summed E-state index contributed by atoms with van der Waals surface area (Å²) in [6, 6.07) is 1.94. The van der Waals surface area contributed by atoms with Gasteiger partial charge in [0.15, 0.2) is 0 Å². The molecule has 0 aliphatic rings. The smallest absolute Gasteiger partial charge is 0.331 e. The second-order valence-corrected chi connectivity index (χ2v) is 5.86. The molecule has 0 unspecified atom stereocenters. The Bertz CT molecular complexity index is 507. The number of thiophene rings is 1. The summed E-state index contributed by atoms with van der Waals surface area (Å²) in [5.74, 6) is -1.33. The normalized spacial score (nSPS) is 12.0. The Morgan fingerprint density at radius 1 is 1.39 bits per heavy atom. The lowest BCUT2D eigenvalue weighted by Crippen LogP contribution is -2.27.